The normalized spacial score (nSPS) is 10.4. The SMILES string of the molecule is Cc1cc(Br)cc(C)c1OCCCCF. The maximum atomic E-state index is 11.9. The molecule has 0 aliphatic rings. The fraction of sp³-hybridized carbons (Fsp3) is 0.500. The van der Waals surface area contributed by atoms with E-state index in [-0.39, 0.29) is 6.67 Å². The maximum absolute atomic E-state index is 11.9. The lowest BCUT2D eigenvalue weighted by Crippen LogP contribution is -2.01. The molecule has 0 N–H and O–H groups in total. The largest absolute Gasteiger partial charge is 0.493 e. The number of halogens is 2. The maximum Gasteiger partial charge on any atom is 0.125 e. The van der Waals surface area contributed by atoms with E-state index in [1.54, 1.807) is 0 Å². The van der Waals surface area contributed by atoms with Crippen molar-refractivity contribution in [2.75, 3.05) is 13.3 Å². The molecule has 0 aromatic heterocycles. The first-order chi connectivity index (χ1) is 7.15. The Balaban J connectivity index is 2.60. The van der Waals surface area contributed by atoms with Gasteiger partial charge in [0, 0.05) is 4.47 Å². The fourth-order valence-corrected chi connectivity index (χ4v) is 2.18. The molecule has 1 rings (SSSR count). The Labute approximate surface area is 98.8 Å². The van der Waals surface area contributed by atoms with Crippen LogP contribution in [0.25, 0.3) is 0 Å². The molecule has 3 heteroatoms. The Morgan fingerprint density at radius 2 is 1.80 bits per heavy atom. The second-order valence-corrected chi connectivity index (χ2v) is 4.53. The molecular weight excluding hydrogens is 259 g/mol. The quantitative estimate of drug-likeness (QED) is 0.732. The summed E-state index contributed by atoms with van der Waals surface area (Å²) in [5.74, 6) is 0.928. The van der Waals surface area contributed by atoms with Gasteiger partial charge in [-0.15, -0.1) is 0 Å². The highest BCUT2D eigenvalue weighted by molar-refractivity contribution is 9.10. The van der Waals surface area contributed by atoms with Crippen molar-refractivity contribution in [1.82, 2.24) is 0 Å². The highest BCUT2D eigenvalue weighted by Crippen LogP contribution is 2.27. The van der Waals surface area contributed by atoms with Crippen LogP contribution in [0, 0.1) is 13.8 Å². The zero-order valence-corrected chi connectivity index (χ0v) is 10.7. The first kappa shape index (κ1) is 12.5. The van der Waals surface area contributed by atoms with Crippen LogP contribution in [-0.2, 0) is 0 Å². The minimum absolute atomic E-state index is 0.262. The summed E-state index contributed by atoms with van der Waals surface area (Å²) in [7, 11) is 0. The lowest BCUT2D eigenvalue weighted by atomic mass is 10.1. The van der Waals surface area contributed by atoms with E-state index in [2.05, 4.69) is 15.9 Å². The van der Waals surface area contributed by atoms with Gasteiger partial charge in [-0.3, -0.25) is 4.39 Å². The number of alkyl halides is 1. The Bertz CT molecular complexity index is 302. The molecule has 0 saturated heterocycles. The van der Waals surface area contributed by atoms with Crippen LogP contribution in [-0.4, -0.2) is 13.3 Å². The smallest absolute Gasteiger partial charge is 0.125 e. The van der Waals surface area contributed by atoms with Crippen LogP contribution in [0.5, 0.6) is 5.75 Å². The predicted molar refractivity (Wildman–Crippen MR) is 64.3 cm³/mol. The van der Waals surface area contributed by atoms with Crippen LogP contribution in [0.15, 0.2) is 16.6 Å². The van der Waals surface area contributed by atoms with E-state index in [0.29, 0.717) is 13.0 Å². The molecule has 0 unspecified atom stereocenters. The van der Waals surface area contributed by atoms with Gasteiger partial charge in [-0.2, -0.15) is 0 Å². The van der Waals surface area contributed by atoms with E-state index in [0.717, 1.165) is 27.8 Å². The molecular formula is C12H16BrFO. The van der Waals surface area contributed by atoms with Crippen molar-refractivity contribution in [3.8, 4) is 5.75 Å². The standard InChI is InChI=1S/C12H16BrFO/c1-9-7-11(13)8-10(2)12(9)15-6-4-3-5-14/h7-8H,3-6H2,1-2H3. The van der Waals surface area contributed by atoms with E-state index in [9.17, 15) is 4.39 Å². The zero-order chi connectivity index (χ0) is 11.3. The molecule has 0 heterocycles. The lowest BCUT2D eigenvalue weighted by molar-refractivity contribution is 0.294. The molecule has 0 fully saturated rings. The molecule has 84 valence electrons. The van der Waals surface area contributed by atoms with Crippen molar-refractivity contribution in [2.45, 2.75) is 26.7 Å². The number of unbranched alkanes of at least 4 members (excludes halogenated alkanes) is 1. The van der Waals surface area contributed by atoms with Crippen LogP contribution in [0.2, 0.25) is 0 Å². The van der Waals surface area contributed by atoms with Gasteiger partial charge in [0.25, 0.3) is 0 Å². The minimum Gasteiger partial charge on any atom is -0.493 e. The summed E-state index contributed by atoms with van der Waals surface area (Å²) in [4.78, 5) is 0. The Morgan fingerprint density at radius 1 is 1.20 bits per heavy atom. The summed E-state index contributed by atoms with van der Waals surface area (Å²) in [5, 5.41) is 0. The summed E-state index contributed by atoms with van der Waals surface area (Å²) in [5.41, 5.74) is 2.23. The molecule has 0 saturated carbocycles. The summed E-state index contributed by atoms with van der Waals surface area (Å²) in [6, 6.07) is 4.05. The van der Waals surface area contributed by atoms with Gasteiger partial charge < -0.3 is 4.74 Å². The average Bonchev–Trinajstić information content (AvgIpc) is 2.15. The van der Waals surface area contributed by atoms with Gasteiger partial charge in [-0.25, -0.2) is 0 Å². The number of hydrogen-bond donors (Lipinski definition) is 0. The van der Waals surface area contributed by atoms with Crippen molar-refractivity contribution in [3.05, 3.63) is 27.7 Å². The molecule has 1 aromatic rings. The third kappa shape index (κ3) is 3.82. The van der Waals surface area contributed by atoms with Crippen LogP contribution in [0.4, 0.5) is 4.39 Å². The number of ether oxygens (including phenoxy) is 1. The molecule has 0 amide bonds. The predicted octanol–water partition coefficient (Wildman–Crippen LogP) is 4.19. The third-order valence-electron chi connectivity index (χ3n) is 2.20. The molecule has 0 spiro atoms. The molecule has 0 aliphatic heterocycles. The van der Waals surface area contributed by atoms with E-state index in [1.165, 1.54) is 0 Å². The summed E-state index contributed by atoms with van der Waals surface area (Å²) >= 11 is 3.44. The Hall–Kier alpha value is -0.570. The summed E-state index contributed by atoms with van der Waals surface area (Å²) < 4.78 is 18.6. The average molecular weight is 275 g/mol. The topological polar surface area (TPSA) is 9.23 Å². The first-order valence-corrected chi connectivity index (χ1v) is 5.90. The van der Waals surface area contributed by atoms with E-state index in [1.807, 2.05) is 26.0 Å². The van der Waals surface area contributed by atoms with Crippen molar-refractivity contribution >= 4 is 15.9 Å². The van der Waals surface area contributed by atoms with Gasteiger partial charge in [0.1, 0.15) is 5.75 Å². The molecule has 1 aromatic carbocycles. The summed E-state index contributed by atoms with van der Waals surface area (Å²) in [6.07, 6.45) is 1.35. The van der Waals surface area contributed by atoms with Gasteiger partial charge in [-0.05, 0) is 49.9 Å². The van der Waals surface area contributed by atoms with Gasteiger partial charge in [0.15, 0.2) is 0 Å². The van der Waals surface area contributed by atoms with E-state index < -0.39 is 0 Å². The van der Waals surface area contributed by atoms with Gasteiger partial charge >= 0.3 is 0 Å². The van der Waals surface area contributed by atoms with Gasteiger partial charge in [0.05, 0.1) is 13.3 Å². The zero-order valence-electron chi connectivity index (χ0n) is 9.15. The number of rotatable bonds is 5. The van der Waals surface area contributed by atoms with Crippen LogP contribution >= 0.6 is 15.9 Å². The number of aryl methyl sites for hydroxylation is 2. The molecule has 1 nitrogen and oxygen atoms in total. The molecule has 0 bridgehead atoms. The second kappa shape index (κ2) is 6.11. The molecule has 0 aliphatic carbocycles. The lowest BCUT2D eigenvalue weighted by Gasteiger charge is -2.12. The number of hydrogen-bond acceptors (Lipinski definition) is 1. The number of benzene rings is 1. The van der Waals surface area contributed by atoms with Crippen LogP contribution in [0.3, 0.4) is 0 Å². The van der Waals surface area contributed by atoms with Crippen LogP contribution < -0.4 is 4.74 Å². The van der Waals surface area contributed by atoms with Crippen molar-refractivity contribution in [2.24, 2.45) is 0 Å². The molecule has 15 heavy (non-hydrogen) atoms. The molecule has 0 radical (unpaired) electrons. The fourth-order valence-electron chi connectivity index (χ4n) is 1.50. The van der Waals surface area contributed by atoms with Crippen LogP contribution in [0.1, 0.15) is 24.0 Å². The van der Waals surface area contributed by atoms with Crippen molar-refractivity contribution < 1.29 is 9.13 Å². The second-order valence-electron chi connectivity index (χ2n) is 3.61. The van der Waals surface area contributed by atoms with E-state index >= 15 is 0 Å². The van der Waals surface area contributed by atoms with Gasteiger partial charge in [0.2, 0.25) is 0 Å². The highest BCUT2D eigenvalue weighted by Gasteiger charge is 2.04. The van der Waals surface area contributed by atoms with Crippen molar-refractivity contribution in [1.29, 1.82) is 0 Å². The monoisotopic (exact) mass is 274 g/mol. The first-order valence-electron chi connectivity index (χ1n) is 5.10. The summed E-state index contributed by atoms with van der Waals surface area (Å²) in [6.45, 7) is 4.36. The minimum atomic E-state index is -0.262. The van der Waals surface area contributed by atoms with Crippen molar-refractivity contribution in [3.63, 3.8) is 0 Å². The Kier molecular flexibility index (Phi) is 5.09. The Morgan fingerprint density at radius 3 is 2.33 bits per heavy atom. The van der Waals surface area contributed by atoms with E-state index in [4.69, 9.17) is 4.74 Å². The third-order valence-corrected chi connectivity index (χ3v) is 2.66. The van der Waals surface area contributed by atoms with Gasteiger partial charge in [-0.1, -0.05) is 15.9 Å². The highest BCUT2D eigenvalue weighted by atomic mass is 79.9. The molecule has 0 atom stereocenters.